The highest BCUT2D eigenvalue weighted by atomic mass is 31.2. The summed E-state index contributed by atoms with van der Waals surface area (Å²) in [7, 11) is 0.669. The monoisotopic (exact) mass is 1030 g/mol. The first-order valence-corrected chi connectivity index (χ1v) is 31.3. The third-order valence-corrected chi connectivity index (χ3v) is 23.5. The highest BCUT2D eigenvalue weighted by Crippen LogP contribution is 2.64. The summed E-state index contributed by atoms with van der Waals surface area (Å²) in [6.45, 7) is 25.3. The number of hydrogen-bond acceptors (Lipinski definition) is 6. The molecule has 410 valence electrons. The predicted molar refractivity (Wildman–Crippen MR) is 312 cm³/mol. The highest BCUT2D eigenvalue weighted by molar-refractivity contribution is 7.78. The zero-order valence-corrected chi connectivity index (χ0v) is 48.7. The number of carbonyl (C=O) groups excluding carboxylic acids is 1. The van der Waals surface area contributed by atoms with Gasteiger partial charge >= 0.3 is 0 Å². The molecule has 8 rings (SSSR count). The van der Waals surface area contributed by atoms with E-state index in [2.05, 4.69) is 79.9 Å². The van der Waals surface area contributed by atoms with Gasteiger partial charge in [-0.15, -0.1) is 0 Å². The van der Waals surface area contributed by atoms with Gasteiger partial charge in [0.2, 0.25) is 0 Å². The average molecular weight is 1030 g/mol. The number of ketones is 1. The molecule has 6 aliphatic rings. The molecule has 2 aromatic rings. The van der Waals surface area contributed by atoms with Crippen molar-refractivity contribution in [2.24, 2.45) is 57.7 Å². The van der Waals surface area contributed by atoms with Crippen molar-refractivity contribution < 1.29 is 29.0 Å². The van der Waals surface area contributed by atoms with Crippen molar-refractivity contribution in [1.82, 2.24) is 0 Å². The van der Waals surface area contributed by atoms with E-state index in [0.717, 1.165) is 96.3 Å². The van der Waals surface area contributed by atoms with Gasteiger partial charge in [-0.25, -0.2) is 0 Å². The Kier molecular flexibility index (Phi) is 22.3. The fourth-order valence-corrected chi connectivity index (χ4v) is 18.0. The molecule has 7 heteroatoms. The first kappa shape index (κ1) is 60.1. The molecule has 2 unspecified atom stereocenters. The van der Waals surface area contributed by atoms with Crippen LogP contribution in [0.2, 0.25) is 0 Å². The summed E-state index contributed by atoms with van der Waals surface area (Å²) in [5, 5.41) is 21.2. The van der Waals surface area contributed by atoms with E-state index in [1.807, 2.05) is 60.7 Å². The second-order valence-electron chi connectivity index (χ2n) is 24.7. The quantitative estimate of drug-likeness (QED) is 0.121. The third-order valence-electron chi connectivity index (χ3n) is 20.5. The first-order valence-electron chi connectivity index (χ1n) is 29.4. The summed E-state index contributed by atoms with van der Waals surface area (Å²) in [6.07, 6.45) is 31.3. The second-order valence-corrected chi connectivity index (χ2v) is 27.6. The molecule has 0 heterocycles. The molecule has 0 aliphatic heterocycles. The van der Waals surface area contributed by atoms with Crippen LogP contribution in [-0.2, 0) is 18.8 Å². The van der Waals surface area contributed by atoms with Gasteiger partial charge in [0.1, 0.15) is 12.9 Å². The summed E-state index contributed by atoms with van der Waals surface area (Å²) in [5.41, 5.74) is 7.08. The van der Waals surface area contributed by atoms with Gasteiger partial charge in [0.25, 0.3) is 0 Å². The minimum absolute atomic E-state index is 0.00258. The number of ether oxygens (including phenoxy) is 2. The number of carbonyl (C=O) groups is 1. The van der Waals surface area contributed by atoms with Crippen LogP contribution in [-0.4, -0.2) is 61.8 Å². The minimum Gasteiger partial charge on any atom is -0.396 e. The Labute approximate surface area is 450 Å². The molecule has 0 saturated heterocycles. The Morgan fingerprint density at radius 2 is 1.22 bits per heavy atom. The van der Waals surface area contributed by atoms with Crippen LogP contribution in [0.3, 0.4) is 0 Å². The summed E-state index contributed by atoms with van der Waals surface area (Å²) in [6, 6.07) is 19.4. The van der Waals surface area contributed by atoms with Crippen molar-refractivity contribution in [2.75, 3.05) is 33.6 Å². The van der Waals surface area contributed by atoms with Crippen LogP contribution in [0.25, 0.3) is 0 Å². The Morgan fingerprint density at radius 3 is 1.76 bits per heavy atom. The minimum atomic E-state index is -2.76. The zero-order chi connectivity index (χ0) is 53.7. The maximum atomic E-state index is 14.1. The fourth-order valence-electron chi connectivity index (χ4n) is 15.5. The van der Waals surface area contributed by atoms with Crippen molar-refractivity contribution in [3.05, 3.63) is 120 Å². The molecule has 6 fully saturated rings. The van der Waals surface area contributed by atoms with Crippen LogP contribution in [0.5, 0.6) is 0 Å². The molecule has 2 aromatic carbocycles. The van der Waals surface area contributed by atoms with Crippen LogP contribution in [0.4, 0.5) is 0 Å². The van der Waals surface area contributed by atoms with E-state index in [9.17, 15) is 19.6 Å². The number of methoxy groups -OCH3 is 2. The SMILES string of the molecule is C=C1[C@H](CO)C/C(=C/C=C2\CCC[C@]3(C)C([C@@H](C)CCCC)CC[C@@H]23)C[C@H]1OC.C=C1[C@H](CO)C/C(=C/CP(=O)(c2ccccc2)c2ccccc2)C[C@H]1OC.CCCC[C@H](C)C1CC[C@@]2(C)C(=O)CCC[C@]12C. The lowest BCUT2D eigenvalue weighted by Gasteiger charge is -2.48. The molecule has 2 N–H and O–H groups in total. The highest BCUT2D eigenvalue weighted by Gasteiger charge is 2.60. The topological polar surface area (TPSA) is 93.1 Å². The molecule has 0 amide bonds. The number of aliphatic hydroxyl groups is 2. The normalized spacial score (nSPS) is 33.6. The Hall–Kier alpha value is -3.12. The molecule has 74 heavy (non-hydrogen) atoms. The lowest BCUT2D eigenvalue weighted by atomic mass is 9.54. The zero-order valence-electron chi connectivity index (χ0n) is 47.9. The van der Waals surface area contributed by atoms with Gasteiger partial charge in [-0.2, -0.15) is 0 Å². The third kappa shape index (κ3) is 13.4. The Morgan fingerprint density at radius 1 is 0.689 bits per heavy atom. The Balaban J connectivity index is 0.000000186. The molecule has 0 aromatic heterocycles. The number of allylic oxidation sites excluding steroid dienone is 4. The molecule has 0 radical (unpaired) electrons. The van der Waals surface area contributed by atoms with Crippen LogP contribution < -0.4 is 10.6 Å². The van der Waals surface area contributed by atoms with E-state index < -0.39 is 7.14 Å². The van der Waals surface area contributed by atoms with Crippen molar-refractivity contribution >= 4 is 23.5 Å². The number of aliphatic hydroxyl groups excluding tert-OH is 2. The first-order chi connectivity index (χ1) is 35.5. The number of hydrogen-bond donors (Lipinski definition) is 2. The summed E-state index contributed by atoms with van der Waals surface area (Å²) < 4.78 is 25.3. The molecule has 12 atom stereocenters. The van der Waals surface area contributed by atoms with Crippen molar-refractivity contribution in [3.8, 4) is 0 Å². The number of unbranched alkanes of at least 4 members (excludes halogenated alkanes) is 2. The van der Waals surface area contributed by atoms with E-state index in [0.29, 0.717) is 17.4 Å². The summed E-state index contributed by atoms with van der Waals surface area (Å²) in [4.78, 5) is 12.4. The summed E-state index contributed by atoms with van der Waals surface area (Å²) in [5.74, 6) is 4.80. The second kappa shape index (κ2) is 27.5. The Bertz CT molecular complexity index is 2200. The van der Waals surface area contributed by atoms with E-state index in [1.54, 1.807) is 19.8 Å². The molecule has 6 aliphatic carbocycles. The van der Waals surface area contributed by atoms with Crippen LogP contribution >= 0.6 is 7.14 Å². The van der Waals surface area contributed by atoms with Crippen LogP contribution in [0.15, 0.2) is 120 Å². The number of Topliss-reactive ketones (excluding diaryl/α,β-unsaturated/α-hetero) is 1. The van der Waals surface area contributed by atoms with Crippen LogP contribution in [0, 0.1) is 57.7 Å². The van der Waals surface area contributed by atoms with E-state index in [-0.39, 0.29) is 48.1 Å². The van der Waals surface area contributed by atoms with Gasteiger partial charge in [-0.1, -0.05) is 196 Å². The molecular formula is C67H101O6P. The number of fused-ring (bicyclic) bond motifs is 2. The number of benzene rings is 2. The van der Waals surface area contributed by atoms with Gasteiger partial charge in [-0.05, 0) is 135 Å². The van der Waals surface area contributed by atoms with E-state index in [1.165, 1.54) is 94.6 Å². The molecule has 6 nitrogen and oxygen atoms in total. The van der Waals surface area contributed by atoms with E-state index in [4.69, 9.17) is 9.47 Å². The maximum absolute atomic E-state index is 14.1. The van der Waals surface area contributed by atoms with Crippen molar-refractivity contribution in [1.29, 1.82) is 0 Å². The largest absolute Gasteiger partial charge is 0.396 e. The van der Waals surface area contributed by atoms with Gasteiger partial charge in [0.05, 0.1) is 12.2 Å². The van der Waals surface area contributed by atoms with Crippen molar-refractivity contribution in [3.63, 3.8) is 0 Å². The molecular weight excluding hydrogens is 932 g/mol. The van der Waals surface area contributed by atoms with Gasteiger partial charge in [-0.3, -0.25) is 4.79 Å². The molecule has 0 spiro atoms. The number of rotatable bonds is 17. The van der Waals surface area contributed by atoms with Gasteiger partial charge < -0.3 is 24.3 Å². The average Bonchev–Trinajstić information content (AvgIpc) is 3.93. The van der Waals surface area contributed by atoms with E-state index >= 15 is 0 Å². The molecule has 0 bridgehead atoms. The molecule has 6 saturated carbocycles. The standard InChI is InChI=1S/C27H44O2.C23H27O3P.C17H30O/c1-6-7-9-19(2)24-13-14-25-22(10-8-15-27(24,25)4)12-11-21-16-23(18-28)20(3)26(17-21)29-5;1-18-20(17-24)15-19(16-23(18)26-2)13-14-27(25,21-9-5-3-6-10-21)22-11-7-4-8-12-22;1-5-6-8-13(2)14-10-12-17(4)15(18)9-7-11-16(14,17)3/h11-12,19,23-26,28H,3,6-10,13-18H2,1-2,4-5H3;3-13,20,23-24H,1,14-17H2,2H3;13-14H,5-12H2,1-4H3/b21-11-,22-12+;19-13-;/t19-,23-,24?,25-,26+,27+;20-,23+;13-,14?,16+,17-/m000/s1. The predicted octanol–water partition coefficient (Wildman–Crippen LogP) is 15.7. The summed E-state index contributed by atoms with van der Waals surface area (Å²) >= 11 is 0. The lowest BCUT2D eigenvalue weighted by molar-refractivity contribution is -0.140. The van der Waals surface area contributed by atoms with Crippen LogP contribution in [0.1, 0.15) is 177 Å². The lowest BCUT2D eigenvalue weighted by Crippen LogP contribution is -2.47. The van der Waals surface area contributed by atoms with Gasteiger partial charge in [0.15, 0.2) is 0 Å². The van der Waals surface area contributed by atoms with Gasteiger partial charge in [0, 0.05) is 67.9 Å². The smallest absolute Gasteiger partial charge is 0.146 e. The fraction of sp³-hybridized carbons (Fsp3) is 0.657. The van der Waals surface area contributed by atoms with Crippen molar-refractivity contribution in [2.45, 2.75) is 189 Å². The maximum Gasteiger partial charge on any atom is 0.146 e.